The number of esters is 1. The van der Waals surface area contributed by atoms with Crippen LogP contribution in [0, 0.1) is 0 Å². The van der Waals surface area contributed by atoms with Gasteiger partial charge in [0.2, 0.25) is 15.8 Å². The van der Waals surface area contributed by atoms with Gasteiger partial charge in [0.15, 0.2) is 6.10 Å². The van der Waals surface area contributed by atoms with Gasteiger partial charge in [0.05, 0.1) is 11.8 Å². The van der Waals surface area contributed by atoms with Crippen LogP contribution in [0.1, 0.15) is 28.4 Å². The standard InChI is InChI=1S/C20H18F3NO5S/c1-13(19(26)15-6-10-17(11-7-15)24-30(2,27)28)29-18(25)12-5-14-3-8-16(9-4-14)20(21,22)23/h3-13,24H,1-2H3/b12-5+. The van der Waals surface area contributed by atoms with Gasteiger partial charge >= 0.3 is 12.1 Å². The van der Waals surface area contributed by atoms with E-state index in [4.69, 9.17) is 4.74 Å². The van der Waals surface area contributed by atoms with Crippen LogP contribution >= 0.6 is 0 Å². The summed E-state index contributed by atoms with van der Waals surface area (Å²) in [5, 5.41) is 0. The van der Waals surface area contributed by atoms with Crippen LogP contribution in [0.25, 0.3) is 6.08 Å². The van der Waals surface area contributed by atoms with Gasteiger partial charge in [0.25, 0.3) is 0 Å². The maximum atomic E-state index is 12.5. The van der Waals surface area contributed by atoms with Crippen LogP contribution in [0.3, 0.4) is 0 Å². The number of carbonyl (C=O) groups excluding carboxylic acids is 2. The average molecular weight is 441 g/mol. The second-order valence-corrected chi connectivity index (χ2v) is 8.10. The lowest BCUT2D eigenvalue weighted by molar-refractivity contribution is -0.140. The number of ketones is 1. The molecular formula is C20H18F3NO5S. The van der Waals surface area contributed by atoms with Gasteiger partial charge in [-0.3, -0.25) is 9.52 Å². The maximum Gasteiger partial charge on any atom is 0.416 e. The van der Waals surface area contributed by atoms with Crippen molar-refractivity contribution in [2.24, 2.45) is 0 Å². The number of hydrogen-bond donors (Lipinski definition) is 1. The van der Waals surface area contributed by atoms with E-state index in [0.717, 1.165) is 24.5 Å². The van der Waals surface area contributed by atoms with Gasteiger partial charge in [-0.25, -0.2) is 13.2 Å². The molecule has 0 bridgehead atoms. The van der Waals surface area contributed by atoms with E-state index in [0.29, 0.717) is 5.56 Å². The molecule has 160 valence electrons. The fraction of sp³-hybridized carbons (Fsp3) is 0.200. The molecule has 1 N–H and O–H groups in total. The molecule has 0 aliphatic heterocycles. The topological polar surface area (TPSA) is 89.5 Å². The van der Waals surface area contributed by atoms with E-state index < -0.39 is 39.6 Å². The lowest BCUT2D eigenvalue weighted by atomic mass is 10.1. The Morgan fingerprint density at radius 3 is 2.10 bits per heavy atom. The molecule has 0 aliphatic rings. The van der Waals surface area contributed by atoms with Crippen LogP contribution in [-0.4, -0.2) is 32.5 Å². The number of hydrogen-bond acceptors (Lipinski definition) is 5. The quantitative estimate of drug-likeness (QED) is 0.400. The molecule has 0 aliphatic carbocycles. The Labute approximate surface area is 171 Å². The first kappa shape index (κ1) is 23.1. The molecule has 0 spiro atoms. The maximum absolute atomic E-state index is 12.5. The molecule has 30 heavy (non-hydrogen) atoms. The fourth-order valence-corrected chi connectivity index (χ4v) is 2.93. The smallest absolute Gasteiger partial charge is 0.416 e. The molecular weight excluding hydrogens is 423 g/mol. The van der Waals surface area contributed by atoms with Crippen molar-refractivity contribution in [1.82, 2.24) is 0 Å². The number of nitrogens with one attached hydrogen (secondary N) is 1. The van der Waals surface area contributed by atoms with Crippen LogP contribution in [0.2, 0.25) is 0 Å². The number of rotatable bonds is 7. The molecule has 0 aromatic heterocycles. The summed E-state index contributed by atoms with van der Waals surface area (Å²) >= 11 is 0. The summed E-state index contributed by atoms with van der Waals surface area (Å²) in [6.45, 7) is 1.37. The average Bonchev–Trinajstić information content (AvgIpc) is 2.64. The van der Waals surface area contributed by atoms with E-state index in [1.165, 1.54) is 49.4 Å². The Kier molecular flexibility index (Phi) is 7.04. The number of carbonyl (C=O) groups is 2. The molecule has 0 amide bonds. The van der Waals surface area contributed by atoms with Crippen molar-refractivity contribution in [1.29, 1.82) is 0 Å². The van der Waals surface area contributed by atoms with E-state index in [1.807, 2.05) is 0 Å². The molecule has 6 nitrogen and oxygen atoms in total. The predicted octanol–water partition coefficient (Wildman–Crippen LogP) is 3.90. The van der Waals surface area contributed by atoms with Crippen LogP contribution in [0.15, 0.2) is 54.6 Å². The highest BCUT2D eigenvalue weighted by Gasteiger charge is 2.29. The molecule has 0 saturated heterocycles. The number of Topliss-reactive ketones (excluding diaryl/α,β-unsaturated/α-hetero) is 1. The summed E-state index contributed by atoms with van der Waals surface area (Å²) < 4.78 is 67.2. The third-order valence-electron chi connectivity index (χ3n) is 3.78. The highest BCUT2D eigenvalue weighted by Crippen LogP contribution is 2.29. The Hall–Kier alpha value is -3.14. The predicted molar refractivity (Wildman–Crippen MR) is 105 cm³/mol. The van der Waals surface area contributed by atoms with Crippen molar-refractivity contribution in [2.45, 2.75) is 19.2 Å². The van der Waals surface area contributed by atoms with Crippen LogP contribution < -0.4 is 4.72 Å². The third kappa shape index (κ3) is 7.03. The van der Waals surface area contributed by atoms with Crippen molar-refractivity contribution in [2.75, 3.05) is 11.0 Å². The first-order chi connectivity index (χ1) is 13.8. The lowest BCUT2D eigenvalue weighted by Crippen LogP contribution is -2.23. The van der Waals surface area contributed by atoms with Crippen LogP contribution in [0.4, 0.5) is 18.9 Å². The SMILES string of the molecule is CC(OC(=O)/C=C/c1ccc(C(F)(F)F)cc1)C(=O)c1ccc(NS(C)(=O)=O)cc1. The monoisotopic (exact) mass is 441 g/mol. The molecule has 10 heteroatoms. The van der Waals surface area contributed by atoms with E-state index in [2.05, 4.69) is 4.72 Å². The molecule has 0 radical (unpaired) electrons. The molecule has 2 aromatic rings. The zero-order valence-corrected chi connectivity index (χ0v) is 16.8. The van der Waals surface area contributed by atoms with Gasteiger partial charge in [-0.15, -0.1) is 0 Å². The Bertz CT molecular complexity index is 1040. The summed E-state index contributed by atoms with van der Waals surface area (Å²) in [4.78, 5) is 24.2. The number of halogens is 3. The number of ether oxygens (including phenoxy) is 1. The van der Waals surface area contributed by atoms with Crippen molar-refractivity contribution >= 4 is 33.5 Å². The first-order valence-corrected chi connectivity index (χ1v) is 10.4. The minimum atomic E-state index is -4.45. The Morgan fingerprint density at radius 2 is 1.60 bits per heavy atom. The largest absolute Gasteiger partial charge is 0.451 e. The normalized spacial score (nSPS) is 13.1. The molecule has 0 heterocycles. The highest BCUT2D eigenvalue weighted by molar-refractivity contribution is 7.92. The van der Waals surface area contributed by atoms with Gasteiger partial charge in [-0.1, -0.05) is 12.1 Å². The molecule has 1 unspecified atom stereocenters. The van der Waals surface area contributed by atoms with Crippen molar-refractivity contribution < 1.29 is 35.9 Å². The lowest BCUT2D eigenvalue weighted by Gasteiger charge is -2.11. The number of benzene rings is 2. The second kappa shape index (κ2) is 9.12. The van der Waals surface area contributed by atoms with Gasteiger partial charge < -0.3 is 4.74 Å². The number of alkyl halides is 3. The summed E-state index contributed by atoms with van der Waals surface area (Å²) in [6, 6.07) is 9.75. The zero-order chi connectivity index (χ0) is 22.5. The zero-order valence-electron chi connectivity index (χ0n) is 15.9. The highest BCUT2D eigenvalue weighted by atomic mass is 32.2. The van der Waals surface area contributed by atoms with Crippen molar-refractivity contribution in [3.63, 3.8) is 0 Å². The molecule has 0 saturated carbocycles. The summed E-state index contributed by atoms with van der Waals surface area (Å²) in [5.41, 5.74) is 0.0336. The minimum absolute atomic E-state index is 0.209. The van der Waals surface area contributed by atoms with Crippen molar-refractivity contribution in [3.05, 3.63) is 71.3 Å². The number of sulfonamides is 1. The molecule has 2 rings (SSSR count). The van der Waals surface area contributed by atoms with Gasteiger partial charge in [-0.05, 0) is 55.0 Å². The van der Waals surface area contributed by atoms with Crippen LogP contribution in [0.5, 0.6) is 0 Å². The Balaban J connectivity index is 1.96. The second-order valence-electron chi connectivity index (χ2n) is 6.35. The number of anilines is 1. The Morgan fingerprint density at radius 1 is 1.03 bits per heavy atom. The summed E-state index contributed by atoms with van der Waals surface area (Å²) in [6.07, 6.45) is -2.30. The third-order valence-corrected chi connectivity index (χ3v) is 4.39. The summed E-state index contributed by atoms with van der Waals surface area (Å²) in [7, 11) is -3.45. The fourth-order valence-electron chi connectivity index (χ4n) is 2.37. The molecule has 2 aromatic carbocycles. The van der Waals surface area contributed by atoms with Gasteiger partial charge in [-0.2, -0.15) is 13.2 Å². The van der Waals surface area contributed by atoms with E-state index in [9.17, 15) is 31.2 Å². The van der Waals surface area contributed by atoms with E-state index in [-0.39, 0.29) is 11.3 Å². The molecule has 1 atom stereocenters. The van der Waals surface area contributed by atoms with Gasteiger partial charge in [0.1, 0.15) is 0 Å². The van der Waals surface area contributed by atoms with E-state index in [1.54, 1.807) is 0 Å². The molecule has 0 fully saturated rings. The van der Waals surface area contributed by atoms with Crippen LogP contribution in [-0.2, 0) is 25.7 Å². The van der Waals surface area contributed by atoms with Crippen molar-refractivity contribution in [3.8, 4) is 0 Å². The first-order valence-electron chi connectivity index (χ1n) is 8.53. The van der Waals surface area contributed by atoms with Gasteiger partial charge in [0, 0.05) is 17.3 Å². The minimum Gasteiger partial charge on any atom is -0.451 e. The summed E-state index contributed by atoms with van der Waals surface area (Å²) in [5.74, 6) is -1.34. The van der Waals surface area contributed by atoms with E-state index >= 15 is 0 Å².